The lowest BCUT2D eigenvalue weighted by Crippen LogP contribution is -2.04. The second-order valence-corrected chi connectivity index (χ2v) is 7.02. The molecule has 0 spiro atoms. The lowest BCUT2D eigenvalue weighted by Gasteiger charge is -2.11. The maximum absolute atomic E-state index is 6.02. The zero-order chi connectivity index (χ0) is 17.9. The second kappa shape index (κ2) is 7.32. The predicted molar refractivity (Wildman–Crippen MR) is 108 cm³/mol. The first-order chi connectivity index (χ1) is 12.8. The largest absolute Gasteiger partial charge is 0.496 e. The minimum atomic E-state index is 0.617. The first kappa shape index (κ1) is 16.8. The fraction of sp³-hybridized carbons (Fsp3) is 0.100. The van der Waals surface area contributed by atoms with Crippen LogP contribution < -0.4 is 10.1 Å². The van der Waals surface area contributed by atoms with Crippen LogP contribution >= 0.6 is 22.9 Å². The summed E-state index contributed by atoms with van der Waals surface area (Å²) in [6.45, 7) is 0.617. The van der Waals surface area contributed by atoms with E-state index in [0.717, 1.165) is 43.5 Å². The van der Waals surface area contributed by atoms with Crippen LogP contribution in [-0.2, 0) is 6.54 Å². The van der Waals surface area contributed by atoms with Crippen molar-refractivity contribution in [3.63, 3.8) is 0 Å². The number of aromatic nitrogens is 2. The molecule has 0 fully saturated rings. The molecule has 0 saturated heterocycles. The van der Waals surface area contributed by atoms with Crippen molar-refractivity contribution in [3.05, 3.63) is 70.8 Å². The monoisotopic (exact) mass is 381 g/mol. The summed E-state index contributed by atoms with van der Waals surface area (Å²) >= 11 is 7.63. The first-order valence-corrected chi connectivity index (χ1v) is 9.36. The number of anilines is 1. The van der Waals surface area contributed by atoms with Crippen molar-refractivity contribution in [2.45, 2.75) is 6.54 Å². The number of ether oxygens (including phenoxy) is 1. The van der Waals surface area contributed by atoms with Gasteiger partial charge in [-0.05, 0) is 23.8 Å². The van der Waals surface area contributed by atoms with Gasteiger partial charge in [-0.2, -0.15) is 0 Å². The first-order valence-electron chi connectivity index (χ1n) is 8.10. The molecule has 6 heteroatoms. The van der Waals surface area contributed by atoms with Crippen LogP contribution in [0.3, 0.4) is 0 Å². The molecule has 0 radical (unpaired) electrons. The van der Waals surface area contributed by atoms with E-state index in [1.54, 1.807) is 24.8 Å². The third kappa shape index (κ3) is 3.23. The Labute approximate surface area is 160 Å². The number of nitrogens with zero attached hydrogens (tertiary/aromatic N) is 2. The average Bonchev–Trinajstić information content (AvgIpc) is 3.12. The van der Waals surface area contributed by atoms with Crippen LogP contribution in [0.4, 0.5) is 5.82 Å². The number of hydrogen-bond donors (Lipinski definition) is 1. The lowest BCUT2D eigenvalue weighted by molar-refractivity contribution is 0.410. The molecule has 0 amide bonds. The average molecular weight is 382 g/mol. The van der Waals surface area contributed by atoms with Gasteiger partial charge in [0, 0.05) is 28.1 Å². The predicted octanol–water partition coefficient (Wildman–Crippen LogP) is 5.63. The Morgan fingerprint density at radius 3 is 2.69 bits per heavy atom. The Morgan fingerprint density at radius 2 is 1.88 bits per heavy atom. The zero-order valence-corrected chi connectivity index (χ0v) is 15.6. The molecule has 26 heavy (non-hydrogen) atoms. The summed E-state index contributed by atoms with van der Waals surface area (Å²) in [5, 5.41) is 7.29. The molecule has 0 bridgehead atoms. The Bertz CT molecular complexity index is 1050. The quantitative estimate of drug-likeness (QED) is 0.486. The molecular formula is C20H16ClN3OS. The molecule has 0 atom stereocenters. The van der Waals surface area contributed by atoms with E-state index in [4.69, 9.17) is 16.3 Å². The molecule has 0 unspecified atom stereocenters. The number of halogens is 1. The van der Waals surface area contributed by atoms with Crippen molar-refractivity contribution in [3.8, 4) is 16.9 Å². The van der Waals surface area contributed by atoms with Gasteiger partial charge in [0.25, 0.3) is 0 Å². The summed E-state index contributed by atoms with van der Waals surface area (Å²) in [5.41, 5.74) is 3.27. The molecule has 0 aliphatic carbocycles. The van der Waals surface area contributed by atoms with Crippen LogP contribution in [0, 0.1) is 0 Å². The van der Waals surface area contributed by atoms with Gasteiger partial charge in [-0.25, -0.2) is 9.97 Å². The standard InChI is InChI=1S/C20H16ClN3OS/c1-25-17-5-3-2-4-14(17)10-22-19-18-16(11-26-20(18)24-12-23-19)13-6-8-15(21)9-7-13/h2-9,11-12H,10H2,1H3,(H,22,23,24). The van der Waals surface area contributed by atoms with Crippen LogP contribution in [0.25, 0.3) is 21.3 Å². The molecule has 0 saturated carbocycles. The van der Waals surface area contributed by atoms with Crippen molar-refractivity contribution in [2.24, 2.45) is 0 Å². The smallest absolute Gasteiger partial charge is 0.139 e. The summed E-state index contributed by atoms with van der Waals surface area (Å²) in [7, 11) is 1.68. The van der Waals surface area contributed by atoms with E-state index in [2.05, 4.69) is 20.7 Å². The number of para-hydroxylation sites is 1. The molecule has 2 heterocycles. The molecule has 2 aromatic carbocycles. The maximum atomic E-state index is 6.02. The molecular weight excluding hydrogens is 366 g/mol. The number of thiophene rings is 1. The third-order valence-electron chi connectivity index (χ3n) is 4.16. The number of methoxy groups -OCH3 is 1. The van der Waals surface area contributed by atoms with E-state index < -0.39 is 0 Å². The highest BCUT2D eigenvalue weighted by atomic mass is 35.5. The summed E-state index contributed by atoms with van der Waals surface area (Å²) in [5.74, 6) is 1.67. The lowest BCUT2D eigenvalue weighted by atomic mass is 10.1. The summed E-state index contributed by atoms with van der Waals surface area (Å²) in [6, 6.07) is 15.8. The topological polar surface area (TPSA) is 47.0 Å². The van der Waals surface area contributed by atoms with E-state index in [9.17, 15) is 0 Å². The van der Waals surface area contributed by atoms with Gasteiger partial charge in [-0.15, -0.1) is 11.3 Å². The minimum Gasteiger partial charge on any atom is -0.496 e. The molecule has 1 N–H and O–H groups in total. The van der Waals surface area contributed by atoms with Gasteiger partial charge in [0.1, 0.15) is 22.7 Å². The van der Waals surface area contributed by atoms with Crippen LogP contribution in [0.2, 0.25) is 5.02 Å². The molecule has 4 rings (SSSR count). The minimum absolute atomic E-state index is 0.617. The number of benzene rings is 2. The zero-order valence-electron chi connectivity index (χ0n) is 14.1. The Morgan fingerprint density at radius 1 is 1.08 bits per heavy atom. The number of fused-ring (bicyclic) bond motifs is 1. The van der Waals surface area contributed by atoms with Gasteiger partial charge in [-0.1, -0.05) is 41.9 Å². The van der Waals surface area contributed by atoms with Crippen molar-refractivity contribution < 1.29 is 4.74 Å². The van der Waals surface area contributed by atoms with E-state index >= 15 is 0 Å². The van der Waals surface area contributed by atoms with Crippen LogP contribution in [0.1, 0.15) is 5.56 Å². The Hall–Kier alpha value is -2.63. The van der Waals surface area contributed by atoms with Gasteiger partial charge in [-0.3, -0.25) is 0 Å². The van der Waals surface area contributed by atoms with E-state index in [1.807, 2.05) is 48.5 Å². The second-order valence-electron chi connectivity index (χ2n) is 5.72. The van der Waals surface area contributed by atoms with Crippen LogP contribution in [0.15, 0.2) is 60.2 Å². The molecule has 130 valence electrons. The van der Waals surface area contributed by atoms with Gasteiger partial charge in [0.2, 0.25) is 0 Å². The van der Waals surface area contributed by atoms with Gasteiger partial charge in [0.05, 0.1) is 12.5 Å². The van der Waals surface area contributed by atoms with Gasteiger partial charge < -0.3 is 10.1 Å². The highest BCUT2D eigenvalue weighted by Gasteiger charge is 2.13. The fourth-order valence-electron chi connectivity index (χ4n) is 2.88. The molecule has 4 aromatic rings. The summed E-state index contributed by atoms with van der Waals surface area (Å²) in [6.07, 6.45) is 1.59. The van der Waals surface area contributed by atoms with Crippen molar-refractivity contribution in [1.29, 1.82) is 0 Å². The Balaban J connectivity index is 1.71. The number of hydrogen-bond acceptors (Lipinski definition) is 5. The summed E-state index contributed by atoms with van der Waals surface area (Å²) < 4.78 is 5.43. The van der Waals surface area contributed by atoms with E-state index in [1.165, 1.54) is 0 Å². The van der Waals surface area contributed by atoms with Crippen molar-refractivity contribution in [2.75, 3.05) is 12.4 Å². The molecule has 4 nitrogen and oxygen atoms in total. The van der Waals surface area contributed by atoms with Crippen molar-refractivity contribution in [1.82, 2.24) is 9.97 Å². The van der Waals surface area contributed by atoms with Crippen molar-refractivity contribution >= 4 is 39.0 Å². The van der Waals surface area contributed by atoms with Crippen LogP contribution in [0.5, 0.6) is 5.75 Å². The fourth-order valence-corrected chi connectivity index (χ4v) is 3.92. The third-order valence-corrected chi connectivity index (χ3v) is 5.30. The SMILES string of the molecule is COc1ccccc1CNc1ncnc2scc(-c3ccc(Cl)cc3)c12. The molecule has 0 aliphatic rings. The van der Waals surface area contributed by atoms with Gasteiger partial charge >= 0.3 is 0 Å². The van der Waals surface area contributed by atoms with E-state index in [-0.39, 0.29) is 0 Å². The van der Waals surface area contributed by atoms with E-state index in [0.29, 0.717) is 6.54 Å². The summed E-state index contributed by atoms with van der Waals surface area (Å²) in [4.78, 5) is 9.83. The molecule has 2 aromatic heterocycles. The highest BCUT2D eigenvalue weighted by molar-refractivity contribution is 7.17. The van der Waals surface area contributed by atoms with Gasteiger partial charge in [0.15, 0.2) is 0 Å². The normalized spacial score (nSPS) is 10.8. The molecule has 0 aliphatic heterocycles. The number of rotatable bonds is 5. The maximum Gasteiger partial charge on any atom is 0.139 e. The number of nitrogens with one attached hydrogen (secondary N) is 1. The van der Waals surface area contributed by atoms with Crippen LogP contribution in [-0.4, -0.2) is 17.1 Å². The Kier molecular flexibility index (Phi) is 4.73. The highest BCUT2D eigenvalue weighted by Crippen LogP contribution is 2.37.